The van der Waals surface area contributed by atoms with Gasteiger partial charge in [-0.25, -0.2) is 0 Å². The van der Waals surface area contributed by atoms with Crippen LogP contribution in [0.5, 0.6) is 0 Å². The number of hydrogen-bond acceptors (Lipinski definition) is 2. The maximum Gasteiger partial charge on any atom is 0.170 e. The van der Waals surface area contributed by atoms with Crippen LogP contribution in [0.2, 0.25) is 0 Å². The molecule has 1 N–H and O–H groups in total. The molecule has 5 rings (SSSR count). The minimum Gasteiger partial charge on any atom is -0.352 e. The number of rotatable bonds is 4. The van der Waals surface area contributed by atoms with Crippen molar-refractivity contribution >= 4 is 17.3 Å². The van der Waals surface area contributed by atoms with Gasteiger partial charge in [0.2, 0.25) is 0 Å². The maximum absolute atomic E-state index is 5.88. The van der Waals surface area contributed by atoms with Gasteiger partial charge in [-0.15, -0.1) is 0 Å². The van der Waals surface area contributed by atoms with E-state index >= 15 is 0 Å². The van der Waals surface area contributed by atoms with Crippen molar-refractivity contribution in [2.24, 2.45) is 0 Å². The second kappa shape index (κ2) is 7.86. The SMILES string of the molecule is S=C1N[C@H](c2ccccn2)[C@@H](c2cccn2C2CCCCC2)N1C1CCCC1. The first-order chi connectivity index (χ1) is 13.8. The van der Waals surface area contributed by atoms with Crippen LogP contribution in [-0.2, 0) is 0 Å². The molecule has 2 atom stereocenters. The molecule has 3 fully saturated rings. The highest BCUT2D eigenvalue weighted by Gasteiger charge is 2.45. The van der Waals surface area contributed by atoms with Gasteiger partial charge in [-0.2, -0.15) is 0 Å². The molecule has 0 bridgehead atoms. The summed E-state index contributed by atoms with van der Waals surface area (Å²) in [5.41, 5.74) is 2.49. The fourth-order valence-electron chi connectivity index (χ4n) is 5.61. The van der Waals surface area contributed by atoms with Gasteiger partial charge in [-0.3, -0.25) is 4.98 Å². The van der Waals surface area contributed by atoms with Crippen LogP contribution in [0.4, 0.5) is 0 Å². The topological polar surface area (TPSA) is 33.1 Å². The van der Waals surface area contributed by atoms with Crippen molar-refractivity contribution < 1.29 is 0 Å². The van der Waals surface area contributed by atoms with Crippen LogP contribution >= 0.6 is 12.2 Å². The van der Waals surface area contributed by atoms with Gasteiger partial charge in [0.25, 0.3) is 0 Å². The summed E-state index contributed by atoms with van der Waals surface area (Å²) in [6.07, 6.45) is 16.0. The molecule has 0 radical (unpaired) electrons. The molecule has 1 aliphatic heterocycles. The van der Waals surface area contributed by atoms with E-state index in [4.69, 9.17) is 17.2 Å². The standard InChI is InChI=1S/C23H30N4S/c28-23-25-21(19-13-6-7-15-24-19)22(27(23)18-11-4-5-12-18)20-14-8-16-26(20)17-9-2-1-3-10-17/h6-8,13-18,21-22H,1-5,9-12H2,(H,25,28)/t21-,22-/m1/s1. The van der Waals surface area contributed by atoms with E-state index in [1.54, 1.807) is 0 Å². The molecule has 1 saturated heterocycles. The van der Waals surface area contributed by atoms with Gasteiger partial charge in [0.1, 0.15) is 0 Å². The van der Waals surface area contributed by atoms with Crippen molar-refractivity contribution in [3.05, 3.63) is 54.1 Å². The smallest absolute Gasteiger partial charge is 0.170 e. The number of nitrogens with zero attached hydrogens (tertiary/aromatic N) is 3. The largest absolute Gasteiger partial charge is 0.352 e. The van der Waals surface area contributed by atoms with Crippen molar-refractivity contribution in [2.45, 2.75) is 82.0 Å². The molecule has 0 aromatic carbocycles. The van der Waals surface area contributed by atoms with E-state index in [0.717, 1.165) is 10.8 Å². The first kappa shape index (κ1) is 18.2. The second-order valence-electron chi connectivity index (χ2n) is 8.60. The number of hydrogen-bond donors (Lipinski definition) is 1. The molecular weight excluding hydrogens is 364 g/mol. The van der Waals surface area contributed by atoms with Gasteiger partial charge < -0.3 is 14.8 Å². The Hall–Kier alpha value is -1.88. The Morgan fingerprint density at radius 2 is 1.64 bits per heavy atom. The van der Waals surface area contributed by atoms with Crippen LogP contribution in [-0.4, -0.2) is 25.6 Å². The molecule has 3 heterocycles. The normalized spacial score (nSPS) is 26.7. The summed E-state index contributed by atoms with van der Waals surface area (Å²) in [5.74, 6) is 0. The zero-order chi connectivity index (χ0) is 18.9. The molecule has 3 aliphatic rings. The van der Waals surface area contributed by atoms with E-state index in [1.807, 2.05) is 12.3 Å². The van der Waals surface area contributed by atoms with E-state index in [1.165, 1.54) is 63.5 Å². The van der Waals surface area contributed by atoms with E-state index < -0.39 is 0 Å². The third kappa shape index (κ3) is 3.24. The zero-order valence-corrected chi connectivity index (χ0v) is 17.3. The van der Waals surface area contributed by atoms with Crippen LogP contribution in [0, 0.1) is 0 Å². The summed E-state index contributed by atoms with van der Waals surface area (Å²) in [5, 5.41) is 4.55. The van der Waals surface area contributed by atoms with Gasteiger partial charge in [0, 0.05) is 30.2 Å². The lowest BCUT2D eigenvalue weighted by molar-refractivity contribution is 0.227. The fraction of sp³-hybridized carbons (Fsp3) is 0.565. The molecule has 4 nitrogen and oxygen atoms in total. The van der Waals surface area contributed by atoms with E-state index in [0.29, 0.717) is 12.1 Å². The van der Waals surface area contributed by atoms with Crippen molar-refractivity contribution in [2.75, 3.05) is 0 Å². The third-order valence-corrected chi connectivity index (χ3v) is 7.26. The molecule has 2 aromatic heterocycles. The highest BCUT2D eigenvalue weighted by Crippen LogP contribution is 2.44. The van der Waals surface area contributed by atoms with Crippen molar-refractivity contribution in [1.82, 2.24) is 19.8 Å². The molecule has 0 spiro atoms. The molecule has 148 valence electrons. The van der Waals surface area contributed by atoms with Crippen LogP contribution in [0.15, 0.2) is 42.7 Å². The summed E-state index contributed by atoms with van der Waals surface area (Å²) in [4.78, 5) is 7.22. The number of aromatic nitrogens is 2. The Balaban J connectivity index is 1.55. The summed E-state index contributed by atoms with van der Waals surface area (Å²) >= 11 is 5.88. The van der Waals surface area contributed by atoms with Crippen molar-refractivity contribution in [3.63, 3.8) is 0 Å². The highest BCUT2D eigenvalue weighted by atomic mass is 32.1. The lowest BCUT2D eigenvalue weighted by atomic mass is 9.94. The predicted molar refractivity (Wildman–Crippen MR) is 116 cm³/mol. The summed E-state index contributed by atoms with van der Waals surface area (Å²) in [7, 11) is 0. The minimum atomic E-state index is 0.117. The second-order valence-corrected chi connectivity index (χ2v) is 8.99. The molecular formula is C23H30N4S. The fourth-order valence-corrected chi connectivity index (χ4v) is 6.00. The van der Waals surface area contributed by atoms with Gasteiger partial charge in [0.15, 0.2) is 5.11 Å². The number of nitrogens with one attached hydrogen (secondary N) is 1. The minimum absolute atomic E-state index is 0.117. The molecule has 2 aliphatic carbocycles. The van der Waals surface area contributed by atoms with E-state index in [9.17, 15) is 0 Å². The molecule has 0 unspecified atom stereocenters. The van der Waals surface area contributed by atoms with Gasteiger partial charge >= 0.3 is 0 Å². The van der Waals surface area contributed by atoms with Gasteiger partial charge in [0.05, 0.1) is 17.8 Å². The molecule has 2 aromatic rings. The quantitative estimate of drug-likeness (QED) is 0.713. The average molecular weight is 395 g/mol. The zero-order valence-electron chi connectivity index (χ0n) is 16.5. The number of pyridine rings is 1. The first-order valence-electron chi connectivity index (χ1n) is 11.0. The van der Waals surface area contributed by atoms with Gasteiger partial charge in [-0.1, -0.05) is 38.2 Å². The van der Waals surface area contributed by atoms with E-state index in [2.05, 4.69) is 45.2 Å². The Labute approximate surface area is 173 Å². The van der Waals surface area contributed by atoms with Crippen LogP contribution in [0.25, 0.3) is 0 Å². The Morgan fingerprint density at radius 3 is 2.39 bits per heavy atom. The Kier molecular flexibility index (Phi) is 5.10. The van der Waals surface area contributed by atoms with Crippen LogP contribution < -0.4 is 5.32 Å². The van der Waals surface area contributed by atoms with Crippen molar-refractivity contribution in [3.8, 4) is 0 Å². The molecule has 28 heavy (non-hydrogen) atoms. The highest BCUT2D eigenvalue weighted by molar-refractivity contribution is 7.80. The molecule has 2 saturated carbocycles. The van der Waals surface area contributed by atoms with Crippen LogP contribution in [0.3, 0.4) is 0 Å². The number of thiocarbonyl (C=S) groups is 1. The predicted octanol–water partition coefficient (Wildman–Crippen LogP) is 5.30. The molecule has 0 amide bonds. The maximum atomic E-state index is 5.88. The monoisotopic (exact) mass is 394 g/mol. The van der Waals surface area contributed by atoms with Crippen LogP contribution in [0.1, 0.15) is 87.3 Å². The van der Waals surface area contributed by atoms with E-state index in [-0.39, 0.29) is 12.1 Å². The Morgan fingerprint density at radius 1 is 0.893 bits per heavy atom. The van der Waals surface area contributed by atoms with Gasteiger partial charge in [-0.05, 0) is 62.2 Å². The lowest BCUT2D eigenvalue weighted by Crippen LogP contribution is -2.38. The third-order valence-electron chi connectivity index (χ3n) is 6.94. The average Bonchev–Trinajstić information content (AvgIpc) is 3.48. The Bertz CT molecular complexity index is 805. The van der Waals surface area contributed by atoms with Crippen molar-refractivity contribution in [1.29, 1.82) is 0 Å². The summed E-state index contributed by atoms with van der Waals surface area (Å²) < 4.78 is 2.57. The summed E-state index contributed by atoms with van der Waals surface area (Å²) in [6.45, 7) is 0. The first-order valence-corrected chi connectivity index (χ1v) is 11.4. The summed E-state index contributed by atoms with van der Waals surface area (Å²) in [6, 6.07) is 12.3. The molecule has 5 heteroatoms. The lowest BCUT2D eigenvalue weighted by Gasteiger charge is -2.35.